The first-order chi connectivity index (χ1) is 11.8. The second kappa shape index (κ2) is 8.40. The number of likely N-dealkylation sites (tertiary alicyclic amines) is 1. The Kier molecular flexibility index (Phi) is 6.50. The summed E-state index contributed by atoms with van der Waals surface area (Å²) in [5.74, 6) is -1.65. The predicted molar refractivity (Wildman–Crippen MR) is 92.7 cm³/mol. The zero-order valence-electron chi connectivity index (χ0n) is 15.0. The Labute approximate surface area is 147 Å². The van der Waals surface area contributed by atoms with Crippen molar-refractivity contribution in [2.24, 2.45) is 0 Å². The van der Waals surface area contributed by atoms with Gasteiger partial charge in [0.25, 0.3) is 0 Å². The quantitative estimate of drug-likeness (QED) is 0.840. The van der Waals surface area contributed by atoms with Crippen molar-refractivity contribution in [3.63, 3.8) is 0 Å². The summed E-state index contributed by atoms with van der Waals surface area (Å²) in [5.41, 5.74) is 0.653. The van der Waals surface area contributed by atoms with E-state index >= 15 is 0 Å². The largest absolute Gasteiger partial charge is 0.480 e. The Balaban J connectivity index is 2.27. The van der Waals surface area contributed by atoms with Crippen LogP contribution in [-0.2, 0) is 9.59 Å². The first-order valence-electron chi connectivity index (χ1n) is 8.42. The van der Waals surface area contributed by atoms with Crippen molar-refractivity contribution >= 4 is 11.9 Å². The molecule has 1 aromatic rings. The van der Waals surface area contributed by atoms with Crippen LogP contribution in [0.2, 0.25) is 0 Å². The van der Waals surface area contributed by atoms with Crippen molar-refractivity contribution in [1.29, 1.82) is 0 Å². The van der Waals surface area contributed by atoms with E-state index in [1.807, 2.05) is 7.05 Å². The fourth-order valence-electron chi connectivity index (χ4n) is 3.30. The Morgan fingerprint density at radius 3 is 2.28 bits per heavy atom. The fourth-order valence-corrected chi connectivity index (χ4v) is 3.30. The summed E-state index contributed by atoms with van der Waals surface area (Å²) in [5, 5.41) is 9.28. The lowest BCUT2D eigenvalue weighted by molar-refractivity contribution is -0.149. The summed E-state index contributed by atoms with van der Waals surface area (Å²) in [4.78, 5) is 29.9. The van der Waals surface area contributed by atoms with Crippen LogP contribution in [0.1, 0.15) is 24.4 Å². The van der Waals surface area contributed by atoms with Crippen molar-refractivity contribution in [1.82, 2.24) is 14.7 Å². The first kappa shape index (κ1) is 19.3. The lowest BCUT2D eigenvalue weighted by Crippen LogP contribution is -2.51. The van der Waals surface area contributed by atoms with Crippen LogP contribution >= 0.6 is 0 Å². The van der Waals surface area contributed by atoms with Crippen LogP contribution in [0.15, 0.2) is 24.3 Å². The molecule has 1 aliphatic rings. The second-order valence-electron chi connectivity index (χ2n) is 6.81. The highest BCUT2D eigenvalue weighted by Gasteiger charge is 2.34. The van der Waals surface area contributed by atoms with Gasteiger partial charge in [0.15, 0.2) is 0 Å². The van der Waals surface area contributed by atoms with Crippen molar-refractivity contribution in [3.05, 3.63) is 35.6 Å². The van der Waals surface area contributed by atoms with E-state index in [1.54, 1.807) is 31.1 Å². The molecular formula is C18H26FN3O3. The van der Waals surface area contributed by atoms with Crippen LogP contribution in [0, 0.1) is 5.82 Å². The minimum absolute atomic E-state index is 0.0947. The smallest absolute Gasteiger partial charge is 0.323 e. The molecule has 0 radical (unpaired) electrons. The van der Waals surface area contributed by atoms with E-state index in [1.165, 1.54) is 17.0 Å². The standard InChI is InChI=1S/C18H26FN3O3/c1-20(2)17(13-4-6-14(19)7-5-13)18(25)22(12-16(23)24)15-8-10-21(3)11-9-15/h4-7,15,17H,8-12H2,1-3H3,(H,23,24). The molecule has 1 amide bonds. The average molecular weight is 351 g/mol. The predicted octanol–water partition coefficient (Wildman–Crippen LogP) is 1.44. The molecule has 0 aromatic heterocycles. The van der Waals surface area contributed by atoms with Crippen molar-refractivity contribution in [2.75, 3.05) is 40.8 Å². The Morgan fingerprint density at radius 2 is 1.80 bits per heavy atom. The number of carbonyl (C=O) groups is 2. The summed E-state index contributed by atoms with van der Waals surface area (Å²) < 4.78 is 13.2. The topological polar surface area (TPSA) is 64.1 Å². The molecule has 138 valence electrons. The number of likely N-dealkylation sites (N-methyl/N-ethyl adjacent to an activating group) is 1. The highest BCUT2D eigenvalue weighted by atomic mass is 19.1. The van der Waals surface area contributed by atoms with Crippen LogP contribution < -0.4 is 0 Å². The number of hydrogen-bond acceptors (Lipinski definition) is 4. The monoisotopic (exact) mass is 351 g/mol. The molecule has 1 saturated heterocycles. The van der Waals surface area contributed by atoms with E-state index < -0.39 is 12.0 Å². The van der Waals surface area contributed by atoms with Gasteiger partial charge in [0.2, 0.25) is 5.91 Å². The van der Waals surface area contributed by atoms with Gasteiger partial charge in [0, 0.05) is 6.04 Å². The number of aliphatic carboxylic acids is 1. The highest BCUT2D eigenvalue weighted by Crippen LogP contribution is 2.25. The molecule has 25 heavy (non-hydrogen) atoms. The molecule has 0 spiro atoms. The summed E-state index contributed by atoms with van der Waals surface area (Å²) in [6.45, 7) is 1.34. The number of carbonyl (C=O) groups excluding carboxylic acids is 1. The molecule has 0 saturated carbocycles. The number of rotatable bonds is 6. The van der Waals surface area contributed by atoms with E-state index in [-0.39, 0.29) is 24.3 Å². The molecule has 0 bridgehead atoms. The van der Waals surface area contributed by atoms with Gasteiger partial charge >= 0.3 is 5.97 Å². The number of carboxylic acid groups (broad SMARTS) is 1. The van der Waals surface area contributed by atoms with E-state index in [2.05, 4.69) is 4.90 Å². The average Bonchev–Trinajstić information content (AvgIpc) is 2.55. The van der Waals surface area contributed by atoms with Gasteiger partial charge in [-0.3, -0.25) is 14.5 Å². The second-order valence-corrected chi connectivity index (χ2v) is 6.81. The van der Waals surface area contributed by atoms with Gasteiger partial charge in [-0.15, -0.1) is 0 Å². The Bertz CT molecular complexity index is 598. The molecule has 1 aromatic carbocycles. The molecule has 0 aliphatic carbocycles. The van der Waals surface area contributed by atoms with Crippen LogP contribution in [0.3, 0.4) is 0 Å². The van der Waals surface area contributed by atoms with Crippen molar-refractivity contribution in [2.45, 2.75) is 24.9 Å². The van der Waals surface area contributed by atoms with Gasteiger partial charge in [-0.1, -0.05) is 12.1 Å². The van der Waals surface area contributed by atoms with Gasteiger partial charge in [-0.05, 0) is 64.8 Å². The number of carboxylic acids is 1. The molecule has 1 aliphatic heterocycles. The van der Waals surface area contributed by atoms with E-state index in [4.69, 9.17) is 0 Å². The normalized spacial score (nSPS) is 17.5. The number of amides is 1. The molecule has 1 fully saturated rings. The van der Waals surface area contributed by atoms with Crippen molar-refractivity contribution in [3.8, 4) is 0 Å². The maximum atomic E-state index is 13.2. The summed E-state index contributed by atoms with van der Waals surface area (Å²) in [6.07, 6.45) is 1.50. The zero-order valence-corrected chi connectivity index (χ0v) is 15.0. The maximum absolute atomic E-state index is 13.2. The molecular weight excluding hydrogens is 325 g/mol. The number of nitrogens with zero attached hydrogens (tertiary/aromatic N) is 3. The summed E-state index contributed by atoms with van der Waals surface area (Å²) >= 11 is 0. The van der Waals surface area contributed by atoms with Crippen LogP contribution in [0.25, 0.3) is 0 Å². The minimum atomic E-state index is -1.02. The molecule has 7 heteroatoms. The van der Waals surface area contributed by atoms with Crippen LogP contribution in [-0.4, -0.2) is 78.5 Å². The molecule has 1 heterocycles. The summed E-state index contributed by atoms with van der Waals surface area (Å²) in [6, 6.07) is 5.05. The third kappa shape index (κ3) is 4.99. The van der Waals surface area contributed by atoms with Crippen LogP contribution in [0.5, 0.6) is 0 Å². The van der Waals surface area contributed by atoms with E-state index in [9.17, 15) is 19.1 Å². The Morgan fingerprint density at radius 1 is 1.24 bits per heavy atom. The van der Waals surface area contributed by atoms with Crippen LogP contribution in [0.4, 0.5) is 4.39 Å². The van der Waals surface area contributed by atoms with E-state index in [0.717, 1.165) is 25.9 Å². The van der Waals surface area contributed by atoms with Gasteiger partial charge in [0.05, 0.1) is 0 Å². The molecule has 2 rings (SSSR count). The lowest BCUT2D eigenvalue weighted by atomic mass is 9.99. The lowest BCUT2D eigenvalue weighted by Gasteiger charge is -2.39. The molecule has 6 nitrogen and oxygen atoms in total. The fraction of sp³-hybridized carbons (Fsp3) is 0.556. The number of hydrogen-bond donors (Lipinski definition) is 1. The van der Waals surface area contributed by atoms with E-state index in [0.29, 0.717) is 5.56 Å². The molecule has 1 atom stereocenters. The van der Waals surface area contributed by atoms with Gasteiger partial charge < -0.3 is 14.9 Å². The molecule has 1 unspecified atom stereocenters. The van der Waals surface area contributed by atoms with Gasteiger partial charge in [0.1, 0.15) is 18.4 Å². The molecule has 1 N–H and O–H groups in total. The maximum Gasteiger partial charge on any atom is 0.323 e. The first-order valence-corrected chi connectivity index (χ1v) is 8.42. The number of halogens is 1. The van der Waals surface area contributed by atoms with Gasteiger partial charge in [-0.2, -0.15) is 0 Å². The Hall–Kier alpha value is -1.99. The number of piperidine rings is 1. The number of benzene rings is 1. The minimum Gasteiger partial charge on any atom is -0.480 e. The zero-order chi connectivity index (χ0) is 18.6. The van der Waals surface area contributed by atoms with Crippen molar-refractivity contribution < 1.29 is 19.1 Å². The third-order valence-corrected chi connectivity index (χ3v) is 4.65. The highest BCUT2D eigenvalue weighted by molar-refractivity contribution is 5.86. The van der Waals surface area contributed by atoms with Gasteiger partial charge in [-0.25, -0.2) is 4.39 Å². The summed E-state index contributed by atoms with van der Waals surface area (Å²) in [7, 11) is 5.54. The third-order valence-electron chi connectivity index (χ3n) is 4.65. The SMILES string of the molecule is CN1CCC(N(CC(=O)O)C(=O)C(c2ccc(F)cc2)N(C)C)CC1.